The van der Waals surface area contributed by atoms with Crippen LogP contribution in [-0.2, 0) is 30.0 Å². The van der Waals surface area contributed by atoms with Crippen LogP contribution in [-0.4, -0.2) is 131 Å². The predicted octanol–water partition coefficient (Wildman–Crippen LogP) is 4.56. The van der Waals surface area contributed by atoms with Crippen molar-refractivity contribution in [1.29, 1.82) is 0 Å². The lowest BCUT2D eigenvalue weighted by molar-refractivity contribution is -0.142. The highest BCUT2D eigenvalue weighted by molar-refractivity contribution is 5.82. The Morgan fingerprint density at radius 1 is 0.849 bits per heavy atom. The molecule has 0 radical (unpaired) electrons. The molecule has 2 aromatic rings. The topological polar surface area (TPSA) is 112 Å². The van der Waals surface area contributed by atoms with E-state index in [9.17, 15) is 32.7 Å². The van der Waals surface area contributed by atoms with E-state index in [2.05, 4.69) is 4.90 Å². The summed E-state index contributed by atoms with van der Waals surface area (Å²) in [6.07, 6.45) is -2.06. The number of hydrogen-bond acceptors (Lipinski definition) is 8. The van der Waals surface area contributed by atoms with E-state index in [0.717, 1.165) is 24.5 Å². The number of piperidine rings is 1. The van der Waals surface area contributed by atoms with Crippen LogP contribution in [0.1, 0.15) is 54.2 Å². The molecule has 14 heteroatoms. The first-order valence-electron chi connectivity index (χ1n) is 18.5. The summed E-state index contributed by atoms with van der Waals surface area (Å²) >= 11 is 0. The zero-order valence-electron chi connectivity index (χ0n) is 30.7. The highest BCUT2D eigenvalue weighted by atomic mass is 19.4. The summed E-state index contributed by atoms with van der Waals surface area (Å²) in [5.41, 5.74) is 1.33. The van der Waals surface area contributed by atoms with Gasteiger partial charge in [-0.3, -0.25) is 19.3 Å². The SMILES string of the molecule is COC[C@H]1CN(C(=O)[C@@H]2CN(CC(=O)N3CCC[C@@H]3COC)C[C@H]2c2ccc(OC)cc2)C[C@@H]1c1ccc(C(F)(F)F)cc1N1CCC(C(=O)O)CC1. The molecule has 53 heavy (non-hydrogen) atoms. The van der Waals surface area contributed by atoms with Gasteiger partial charge in [0.05, 0.1) is 50.3 Å². The zero-order chi connectivity index (χ0) is 37.9. The van der Waals surface area contributed by atoms with Gasteiger partial charge in [-0.2, -0.15) is 13.2 Å². The standard InChI is InChI=1S/C39H51F3N4O7/c1-51-23-27-18-45(21-33(27)31-11-8-28(39(40,41)42)17-35(31)44-15-12-26(13-16-44)38(49)50)37(48)34-20-43(19-32(34)25-6-9-30(53-3)10-7-25)22-36(47)46-14-4-5-29(46)24-52-2/h6-11,17,26-27,29,32-34H,4-5,12-16,18-24H2,1-3H3,(H,49,50)/t27-,29-,32+,33+,34-/m1/s1. The summed E-state index contributed by atoms with van der Waals surface area (Å²) in [5.74, 6) is -1.89. The largest absolute Gasteiger partial charge is 0.497 e. The normalized spacial score (nSPS) is 25.7. The second-order valence-corrected chi connectivity index (χ2v) is 15.0. The fourth-order valence-corrected chi connectivity index (χ4v) is 8.96. The average Bonchev–Trinajstić information content (AvgIpc) is 3.90. The molecule has 4 aliphatic rings. The number of carbonyl (C=O) groups is 3. The number of alkyl halides is 3. The molecule has 4 saturated heterocycles. The molecular weight excluding hydrogens is 693 g/mol. The van der Waals surface area contributed by atoms with Crippen LogP contribution in [0.2, 0.25) is 0 Å². The van der Waals surface area contributed by atoms with E-state index < -0.39 is 29.5 Å². The van der Waals surface area contributed by atoms with Crippen LogP contribution in [0.4, 0.5) is 18.9 Å². The molecule has 0 bridgehead atoms. The maximum Gasteiger partial charge on any atom is 0.416 e. The van der Waals surface area contributed by atoms with Gasteiger partial charge in [-0.1, -0.05) is 18.2 Å². The Bertz CT molecular complexity index is 1600. The number of carbonyl (C=O) groups excluding carboxylic acids is 2. The van der Waals surface area contributed by atoms with Crippen LogP contribution in [0.3, 0.4) is 0 Å². The van der Waals surface area contributed by atoms with E-state index >= 15 is 0 Å². The van der Waals surface area contributed by atoms with Crippen molar-refractivity contribution in [3.8, 4) is 5.75 Å². The highest BCUT2D eigenvalue weighted by Crippen LogP contribution is 2.44. The van der Waals surface area contributed by atoms with E-state index in [0.29, 0.717) is 88.9 Å². The molecular formula is C39H51F3N4O7. The third-order valence-electron chi connectivity index (χ3n) is 11.7. The minimum atomic E-state index is -4.55. The van der Waals surface area contributed by atoms with Gasteiger partial charge in [0.1, 0.15) is 5.75 Å². The van der Waals surface area contributed by atoms with Crippen molar-refractivity contribution in [2.75, 3.05) is 91.8 Å². The number of likely N-dealkylation sites (tertiary alicyclic amines) is 3. The fourth-order valence-electron chi connectivity index (χ4n) is 8.96. The lowest BCUT2D eigenvalue weighted by atomic mass is 9.86. The molecule has 0 saturated carbocycles. The number of nitrogens with zero attached hydrogens (tertiary/aromatic N) is 4. The number of hydrogen-bond donors (Lipinski definition) is 1. The van der Waals surface area contributed by atoms with Gasteiger partial charge < -0.3 is 34.0 Å². The smallest absolute Gasteiger partial charge is 0.416 e. The van der Waals surface area contributed by atoms with Gasteiger partial charge in [-0.05, 0) is 61.1 Å². The second kappa shape index (κ2) is 16.6. The number of aliphatic carboxylic acids is 1. The maximum absolute atomic E-state index is 14.7. The van der Waals surface area contributed by atoms with Crippen LogP contribution in [0.25, 0.3) is 0 Å². The number of carboxylic acid groups (broad SMARTS) is 1. The summed E-state index contributed by atoms with van der Waals surface area (Å²) in [6, 6.07) is 11.5. The third-order valence-corrected chi connectivity index (χ3v) is 11.7. The van der Waals surface area contributed by atoms with E-state index in [1.54, 1.807) is 21.3 Å². The average molecular weight is 745 g/mol. The van der Waals surface area contributed by atoms with Crippen molar-refractivity contribution in [3.05, 3.63) is 59.2 Å². The van der Waals surface area contributed by atoms with Crippen LogP contribution < -0.4 is 9.64 Å². The van der Waals surface area contributed by atoms with Gasteiger partial charge in [0.2, 0.25) is 11.8 Å². The van der Waals surface area contributed by atoms with Gasteiger partial charge in [0, 0.05) is 83.5 Å². The number of benzene rings is 2. The highest BCUT2D eigenvalue weighted by Gasteiger charge is 2.46. The predicted molar refractivity (Wildman–Crippen MR) is 191 cm³/mol. The first-order chi connectivity index (χ1) is 25.4. The zero-order valence-corrected chi connectivity index (χ0v) is 30.7. The Kier molecular flexibility index (Phi) is 12.2. The van der Waals surface area contributed by atoms with Crippen molar-refractivity contribution in [1.82, 2.24) is 14.7 Å². The number of halogens is 3. The molecule has 11 nitrogen and oxygen atoms in total. The van der Waals surface area contributed by atoms with E-state index in [1.165, 1.54) is 12.1 Å². The number of carboxylic acids is 1. The van der Waals surface area contributed by atoms with Crippen LogP contribution in [0.15, 0.2) is 42.5 Å². The van der Waals surface area contributed by atoms with Crippen molar-refractivity contribution < 1.29 is 46.9 Å². The Morgan fingerprint density at radius 2 is 1.57 bits per heavy atom. The van der Waals surface area contributed by atoms with E-state index in [-0.39, 0.29) is 42.2 Å². The molecule has 4 aliphatic heterocycles. The Hall–Kier alpha value is -3.88. The Labute approximate surface area is 308 Å². The maximum atomic E-state index is 14.7. The van der Waals surface area contributed by atoms with Crippen molar-refractivity contribution in [2.24, 2.45) is 17.8 Å². The molecule has 2 amide bonds. The van der Waals surface area contributed by atoms with Gasteiger partial charge in [-0.15, -0.1) is 0 Å². The number of ether oxygens (including phenoxy) is 3. The Morgan fingerprint density at radius 3 is 2.21 bits per heavy atom. The molecule has 4 fully saturated rings. The summed E-state index contributed by atoms with van der Waals surface area (Å²) in [4.78, 5) is 47.5. The lowest BCUT2D eigenvalue weighted by Gasteiger charge is -2.35. The monoisotopic (exact) mass is 744 g/mol. The molecule has 0 aliphatic carbocycles. The van der Waals surface area contributed by atoms with E-state index in [1.807, 2.05) is 39.0 Å². The van der Waals surface area contributed by atoms with Gasteiger partial charge in [0.25, 0.3) is 0 Å². The van der Waals surface area contributed by atoms with Crippen LogP contribution in [0.5, 0.6) is 5.75 Å². The van der Waals surface area contributed by atoms with Gasteiger partial charge >= 0.3 is 12.1 Å². The minimum Gasteiger partial charge on any atom is -0.497 e. The summed E-state index contributed by atoms with van der Waals surface area (Å²) < 4.78 is 58.4. The molecule has 0 spiro atoms. The fraction of sp³-hybridized carbons (Fsp3) is 0.615. The third kappa shape index (κ3) is 8.60. The first kappa shape index (κ1) is 38.8. The van der Waals surface area contributed by atoms with Crippen molar-refractivity contribution >= 4 is 23.5 Å². The molecule has 6 rings (SSSR count). The molecule has 2 aromatic carbocycles. The molecule has 1 N–H and O–H groups in total. The van der Waals surface area contributed by atoms with Crippen molar-refractivity contribution in [3.63, 3.8) is 0 Å². The molecule has 290 valence electrons. The number of amides is 2. The quantitative estimate of drug-likeness (QED) is 0.335. The summed E-state index contributed by atoms with van der Waals surface area (Å²) in [6.45, 7) is 3.89. The first-order valence-corrected chi connectivity index (χ1v) is 18.5. The van der Waals surface area contributed by atoms with Crippen LogP contribution in [0, 0.1) is 17.8 Å². The molecule has 0 aromatic heterocycles. The minimum absolute atomic E-state index is 0.0229. The number of methoxy groups -OCH3 is 3. The molecule has 4 heterocycles. The van der Waals surface area contributed by atoms with Gasteiger partial charge in [0.15, 0.2) is 0 Å². The Balaban J connectivity index is 1.26. The summed E-state index contributed by atoms with van der Waals surface area (Å²) in [7, 11) is 4.81. The molecule has 5 atom stereocenters. The second-order valence-electron chi connectivity index (χ2n) is 15.0. The summed E-state index contributed by atoms with van der Waals surface area (Å²) in [5, 5.41) is 9.54. The van der Waals surface area contributed by atoms with Crippen LogP contribution >= 0.6 is 0 Å². The van der Waals surface area contributed by atoms with Crippen molar-refractivity contribution in [2.45, 2.75) is 49.7 Å². The van der Waals surface area contributed by atoms with E-state index in [4.69, 9.17) is 14.2 Å². The van der Waals surface area contributed by atoms with Gasteiger partial charge in [-0.25, -0.2) is 0 Å². The number of anilines is 1. The lowest BCUT2D eigenvalue weighted by Crippen LogP contribution is -2.44. The number of rotatable bonds is 12. The molecule has 0 unspecified atom stereocenters.